The van der Waals surface area contributed by atoms with Crippen molar-refractivity contribution in [2.45, 2.75) is 6.61 Å². The zero-order valence-electron chi connectivity index (χ0n) is 11.0. The molecule has 0 atom stereocenters. The van der Waals surface area contributed by atoms with E-state index < -0.39 is 23.7 Å². The lowest BCUT2D eigenvalue weighted by molar-refractivity contribution is -0.0496. The van der Waals surface area contributed by atoms with Crippen LogP contribution in [0.3, 0.4) is 0 Å². The summed E-state index contributed by atoms with van der Waals surface area (Å²) in [5, 5.41) is 0.365. The number of nitrogens with one attached hydrogen (secondary N) is 1. The van der Waals surface area contributed by atoms with E-state index in [-0.39, 0.29) is 11.4 Å². The quantitative estimate of drug-likeness (QED) is 0.807. The van der Waals surface area contributed by atoms with Crippen molar-refractivity contribution in [3.63, 3.8) is 0 Å². The lowest BCUT2D eigenvalue weighted by Gasteiger charge is -2.10. The number of rotatable bonds is 3. The van der Waals surface area contributed by atoms with Gasteiger partial charge in [0.2, 0.25) is 0 Å². The number of aromatic nitrogens is 2. The molecule has 0 unspecified atom stereocenters. The third kappa shape index (κ3) is 2.65. The van der Waals surface area contributed by atoms with Crippen molar-refractivity contribution in [2.75, 3.05) is 0 Å². The first-order valence-electron chi connectivity index (χ1n) is 6.28. The predicted molar refractivity (Wildman–Crippen MR) is 74.4 cm³/mol. The van der Waals surface area contributed by atoms with Gasteiger partial charge in [0, 0.05) is 6.07 Å². The standard InChI is InChI=1S/C15H9F3N2O2/c16-8-5-6-10(12(7-8)22-15(17)18)13-19-11-4-2-1-3-9(11)14(21)20-13/h1-7,15H,(H,19,20,21). The van der Waals surface area contributed by atoms with Gasteiger partial charge in [-0.15, -0.1) is 0 Å². The van der Waals surface area contributed by atoms with Gasteiger partial charge in [0.15, 0.2) is 0 Å². The van der Waals surface area contributed by atoms with E-state index in [9.17, 15) is 18.0 Å². The molecule has 3 rings (SSSR count). The van der Waals surface area contributed by atoms with Crippen molar-refractivity contribution in [1.29, 1.82) is 0 Å². The van der Waals surface area contributed by atoms with E-state index in [4.69, 9.17) is 0 Å². The summed E-state index contributed by atoms with van der Waals surface area (Å²) in [6.07, 6.45) is 0. The average Bonchev–Trinajstić information content (AvgIpc) is 2.46. The molecule has 0 bridgehead atoms. The number of H-pyrrole nitrogens is 1. The number of hydrogen-bond acceptors (Lipinski definition) is 3. The molecule has 0 aliphatic rings. The second-order valence-electron chi connectivity index (χ2n) is 4.45. The van der Waals surface area contributed by atoms with Crippen LogP contribution in [-0.4, -0.2) is 16.6 Å². The highest BCUT2D eigenvalue weighted by Crippen LogP contribution is 2.29. The van der Waals surface area contributed by atoms with E-state index >= 15 is 0 Å². The highest BCUT2D eigenvalue weighted by Gasteiger charge is 2.15. The summed E-state index contributed by atoms with van der Waals surface area (Å²) in [5.41, 5.74) is 0.0473. The minimum Gasteiger partial charge on any atom is -0.434 e. The van der Waals surface area contributed by atoms with Crippen molar-refractivity contribution in [3.05, 3.63) is 58.6 Å². The number of halogens is 3. The number of hydrogen-bond donors (Lipinski definition) is 1. The van der Waals surface area contributed by atoms with Crippen LogP contribution < -0.4 is 10.3 Å². The molecule has 0 saturated carbocycles. The van der Waals surface area contributed by atoms with Crippen LogP contribution in [0.5, 0.6) is 5.75 Å². The molecule has 4 nitrogen and oxygen atoms in total. The number of benzene rings is 2. The summed E-state index contributed by atoms with van der Waals surface area (Å²) in [4.78, 5) is 18.7. The molecule has 1 aromatic heterocycles. The lowest BCUT2D eigenvalue weighted by Crippen LogP contribution is -2.11. The van der Waals surface area contributed by atoms with Gasteiger partial charge in [-0.25, -0.2) is 9.37 Å². The number of para-hydroxylation sites is 1. The van der Waals surface area contributed by atoms with Crippen LogP contribution in [0, 0.1) is 5.82 Å². The van der Waals surface area contributed by atoms with Crippen LogP contribution in [0.2, 0.25) is 0 Å². The van der Waals surface area contributed by atoms with Gasteiger partial charge < -0.3 is 9.72 Å². The number of alkyl halides is 2. The van der Waals surface area contributed by atoms with E-state index in [2.05, 4.69) is 14.7 Å². The molecule has 3 aromatic rings. The minimum absolute atomic E-state index is 0.0272. The lowest BCUT2D eigenvalue weighted by atomic mass is 10.1. The molecule has 112 valence electrons. The molecule has 1 N–H and O–H groups in total. The molecular weight excluding hydrogens is 297 g/mol. The largest absolute Gasteiger partial charge is 0.434 e. The molecule has 22 heavy (non-hydrogen) atoms. The normalized spacial score (nSPS) is 11.1. The van der Waals surface area contributed by atoms with Gasteiger partial charge in [-0.05, 0) is 24.3 Å². The first kappa shape index (κ1) is 14.1. The van der Waals surface area contributed by atoms with Crippen LogP contribution in [0.1, 0.15) is 0 Å². The molecule has 0 saturated heterocycles. The van der Waals surface area contributed by atoms with E-state index in [1.165, 1.54) is 6.07 Å². The fraction of sp³-hybridized carbons (Fsp3) is 0.0667. The molecule has 0 radical (unpaired) electrons. The minimum atomic E-state index is -3.12. The van der Waals surface area contributed by atoms with Gasteiger partial charge in [-0.1, -0.05) is 12.1 Å². The predicted octanol–water partition coefficient (Wildman–Crippen LogP) is 3.33. The number of ether oxygens (including phenoxy) is 1. The Morgan fingerprint density at radius 1 is 1.14 bits per heavy atom. The molecule has 0 fully saturated rings. The molecule has 0 aliphatic heterocycles. The summed E-state index contributed by atoms with van der Waals surface area (Å²) < 4.78 is 42.4. The number of fused-ring (bicyclic) bond motifs is 1. The summed E-state index contributed by atoms with van der Waals surface area (Å²) in [5.74, 6) is -1.10. The fourth-order valence-corrected chi connectivity index (χ4v) is 2.10. The molecule has 2 aromatic carbocycles. The Kier molecular flexibility index (Phi) is 3.54. The monoisotopic (exact) mass is 306 g/mol. The SMILES string of the molecule is O=c1[nH]c(-c2ccc(F)cc2OC(F)F)nc2ccccc12. The summed E-state index contributed by atoms with van der Waals surface area (Å²) in [6, 6.07) is 9.69. The third-order valence-electron chi connectivity index (χ3n) is 3.03. The number of aromatic amines is 1. The zero-order valence-corrected chi connectivity index (χ0v) is 11.0. The number of nitrogens with zero attached hydrogens (tertiary/aromatic N) is 1. The van der Waals surface area contributed by atoms with E-state index in [0.717, 1.165) is 12.1 Å². The fourth-order valence-electron chi connectivity index (χ4n) is 2.10. The van der Waals surface area contributed by atoms with Crippen LogP contribution in [-0.2, 0) is 0 Å². The van der Waals surface area contributed by atoms with Gasteiger partial charge in [-0.2, -0.15) is 8.78 Å². The van der Waals surface area contributed by atoms with Crippen molar-refractivity contribution >= 4 is 10.9 Å². The third-order valence-corrected chi connectivity index (χ3v) is 3.03. The van der Waals surface area contributed by atoms with Crippen LogP contribution in [0.25, 0.3) is 22.3 Å². The van der Waals surface area contributed by atoms with Crippen molar-refractivity contribution < 1.29 is 17.9 Å². The van der Waals surface area contributed by atoms with Crippen LogP contribution >= 0.6 is 0 Å². The average molecular weight is 306 g/mol. The molecular formula is C15H9F3N2O2. The maximum absolute atomic E-state index is 13.2. The Hall–Kier alpha value is -2.83. The van der Waals surface area contributed by atoms with E-state index in [0.29, 0.717) is 10.9 Å². The Bertz CT molecular complexity index is 893. The molecule has 1 heterocycles. The topological polar surface area (TPSA) is 55.0 Å². The summed E-state index contributed by atoms with van der Waals surface area (Å²) in [7, 11) is 0. The molecule has 0 amide bonds. The first-order valence-corrected chi connectivity index (χ1v) is 6.28. The summed E-state index contributed by atoms with van der Waals surface area (Å²) >= 11 is 0. The molecule has 0 aliphatic carbocycles. The Morgan fingerprint density at radius 2 is 1.91 bits per heavy atom. The van der Waals surface area contributed by atoms with Crippen molar-refractivity contribution in [3.8, 4) is 17.1 Å². The highest BCUT2D eigenvalue weighted by molar-refractivity contribution is 5.80. The van der Waals surface area contributed by atoms with Gasteiger partial charge in [0.05, 0.1) is 16.5 Å². The zero-order chi connectivity index (χ0) is 15.7. The van der Waals surface area contributed by atoms with Gasteiger partial charge >= 0.3 is 6.61 Å². The van der Waals surface area contributed by atoms with E-state index in [1.54, 1.807) is 24.3 Å². The Balaban J connectivity index is 2.21. The van der Waals surface area contributed by atoms with Gasteiger partial charge in [0.25, 0.3) is 5.56 Å². The Labute approximate surface area is 122 Å². The van der Waals surface area contributed by atoms with Gasteiger partial charge in [0.1, 0.15) is 17.4 Å². The maximum atomic E-state index is 13.2. The second kappa shape index (κ2) is 5.51. The van der Waals surface area contributed by atoms with Gasteiger partial charge in [-0.3, -0.25) is 4.79 Å². The van der Waals surface area contributed by atoms with Crippen LogP contribution in [0.15, 0.2) is 47.3 Å². The highest BCUT2D eigenvalue weighted by atomic mass is 19.3. The molecule has 0 spiro atoms. The second-order valence-corrected chi connectivity index (χ2v) is 4.45. The molecule has 7 heteroatoms. The van der Waals surface area contributed by atoms with Crippen molar-refractivity contribution in [1.82, 2.24) is 9.97 Å². The van der Waals surface area contributed by atoms with Crippen LogP contribution in [0.4, 0.5) is 13.2 Å². The first-order chi connectivity index (χ1) is 10.5. The van der Waals surface area contributed by atoms with E-state index in [1.807, 2.05) is 0 Å². The van der Waals surface area contributed by atoms with Crippen molar-refractivity contribution in [2.24, 2.45) is 0 Å². The summed E-state index contributed by atoms with van der Waals surface area (Å²) in [6.45, 7) is -3.12. The maximum Gasteiger partial charge on any atom is 0.387 e. The smallest absolute Gasteiger partial charge is 0.387 e. The Morgan fingerprint density at radius 3 is 2.68 bits per heavy atom.